The molecule has 0 aromatic heterocycles. The maximum atomic E-state index is 12.1. The van der Waals surface area contributed by atoms with Crippen molar-refractivity contribution >= 4 is 23.5 Å². The Balaban J connectivity index is 2.30. The molecule has 4 nitrogen and oxygen atoms in total. The Morgan fingerprint density at radius 1 is 0.640 bits per heavy atom. The predicted octanol–water partition coefficient (Wildman–Crippen LogP) is 5.05. The van der Waals surface area contributed by atoms with E-state index in [2.05, 4.69) is 0 Å². The minimum atomic E-state index is -1.18. The lowest BCUT2D eigenvalue weighted by atomic mass is 9.79. The molecule has 0 unspecified atom stereocenters. The highest BCUT2D eigenvalue weighted by atomic mass is 35.5. The first-order chi connectivity index (χ1) is 12.0. The molecule has 0 radical (unpaired) electrons. The Hall–Kier alpha value is -3.11. The van der Waals surface area contributed by atoms with Crippen LogP contribution in [0.25, 0.3) is 33.4 Å². The second-order valence-corrected chi connectivity index (χ2v) is 6.12. The molecule has 0 saturated heterocycles. The molecule has 5 heteroatoms. The van der Waals surface area contributed by atoms with Gasteiger partial charge in [0, 0.05) is 16.7 Å². The van der Waals surface area contributed by atoms with Gasteiger partial charge in [-0.2, -0.15) is 0 Å². The van der Waals surface area contributed by atoms with Crippen molar-refractivity contribution in [3.63, 3.8) is 0 Å². The number of aromatic carboxylic acids is 2. The minimum Gasteiger partial charge on any atom is -0.478 e. The number of hydrogen-bond donors (Lipinski definition) is 2. The van der Waals surface area contributed by atoms with Crippen molar-refractivity contribution in [3.8, 4) is 33.4 Å². The van der Waals surface area contributed by atoms with E-state index in [1.54, 1.807) is 48.5 Å². The van der Waals surface area contributed by atoms with E-state index in [0.717, 1.165) is 0 Å². The number of halogens is 1. The summed E-state index contributed by atoms with van der Waals surface area (Å²) in [6, 6.07) is 16.0. The number of carbonyl (C=O) groups is 2. The largest absolute Gasteiger partial charge is 0.478 e. The van der Waals surface area contributed by atoms with Crippen molar-refractivity contribution in [1.82, 2.24) is 0 Å². The quantitative estimate of drug-likeness (QED) is 0.542. The second kappa shape index (κ2) is 5.46. The van der Waals surface area contributed by atoms with Gasteiger partial charge in [-0.1, -0.05) is 66.2 Å². The molecule has 3 aromatic rings. The van der Waals surface area contributed by atoms with Crippen LogP contribution in [-0.2, 0) is 0 Å². The first-order valence-electron chi connectivity index (χ1n) is 7.53. The van der Waals surface area contributed by atoms with Crippen LogP contribution < -0.4 is 0 Å². The zero-order valence-electron chi connectivity index (χ0n) is 12.8. The van der Waals surface area contributed by atoms with Crippen LogP contribution in [0.5, 0.6) is 0 Å². The van der Waals surface area contributed by atoms with Crippen LogP contribution in [0.15, 0.2) is 54.6 Å². The zero-order chi connectivity index (χ0) is 17.7. The fraction of sp³-hybridized carbons (Fsp3) is 0. The highest BCUT2D eigenvalue weighted by molar-refractivity contribution is 6.39. The van der Waals surface area contributed by atoms with E-state index in [0.29, 0.717) is 27.8 Å². The van der Waals surface area contributed by atoms with E-state index in [9.17, 15) is 19.8 Å². The Kier molecular flexibility index (Phi) is 3.37. The summed E-state index contributed by atoms with van der Waals surface area (Å²) >= 11 is 6.38. The molecule has 0 amide bonds. The van der Waals surface area contributed by atoms with E-state index in [1.807, 2.05) is 6.07 Å². The fourth-order valence-electron chi connectivity index (χ4n) is 3.39. The molecule has 4 aliphatic carbocycles. The van der Waals surface area contributed by atoms with E-state index in [1.165, 1.54) is 0 Å². The van der Waals surface area contributed by atoms with Crippen LogP contribution in [0.2, 0.25) is 5.02 Å². The van der Waals surface area contributed by atoms with Crippen molar-refractivity contribution < 1.29 is 19.8 Å². The van der Waals surface area contributed by atoms with E-state index in [-0.39, 0.29) is 21.7 Å². The Morgan fingerprint density at radius 2 is 1.08 bits per heavy atom. The molecule has 3 aromatic carbocycles. The first kappa shape index (κ1) is 15.4. The molecule has 0 fully saturated rings. The molecule has 0 aliphatic heterocycles. The van der Waals surface area contributed by atoms with Gasteiger partial charge in [-0.15, -0.1) is 0 Å². The smallest absolute Gasteiger partial charge is 0.337 e. The van der Waals surface area contributed by atoms with Gasteiger partial charge in [0.15, 0.2) is 0 Å². The van der Waals surface area contributed by atoms with E-state index >= 15 is 0 Å². The third-order valence-electron chi connectivity index (χ3n) is 4.39. The first-order valence-corrected chi connectivity index (χ1v) is 7.90. The van der Waals surface area contributed by atoms with Crippen LogP contribution in [0.3, 0.4) is 0 Å². The molecule has 0 atom stereocenters. The summed E-state index contributed by atoms with van der Waals surface area (Å²) < 4.78 is 0. The molecule has 25 heavy (non-hydrogen) atoms. The molecule has 0 spiro atoms. The van der Waals surface area contributed by atoms with Gasteiger partial charge in [-0.05, 0) is 16.7 Å². The van der Waals surface area contributed by atoms with Crippen LogP contribution >= 0.6 is 11.6 Å². The minimum absolute atomic E-state index is 0.0254. The lowest BCUT2D eigenvalue weighted by Gasteiger charge is -2.24. The summed E-state index contributed by atoms with van der Waals surface area (Å²) in [4.78, 5) is 24.0. The average molecular weight is 351 g/mol. The molecule has 4 aliphatic rings. The Bertz CT molecular complexity index is 1040. The Morgan fingerprint density at radius 3 is 1.60 bits per heavy atom. The van der Waals surface area contributed by atoms with Gasteiger partial charge < -0.3 is 10.2 Å². The molecule has 2 N–H and O–H groups in total. The second-order valence-electron chi connectivity index (χ2n) is 5.74. The van der Waals surface area contributed by atoms with Crippen molar-refractivity contribution in [3.05, 3.63) is 70.7 Å². The molecule has 0 heterocycles. The third-order valence-corrected chi connectivity index (χ3v) is 4.77. The van der Waals surface area contributed by atoms with Crippen LogP contribution in [0.1, 0.15) is 20.7 Å². The number of benzene rings is 3. The van der Waals surface area contributed by atoms with E-state index in [4.69, 9.17) is 11.6 Å². The predicted molar refractivity (Wildman–Crippen MR) is 95.2 cm³/mol. The van der Waals surface area contributed by atoms with Crippen molar-refractivity contribution in [2.24, 2.45) is 0 Å². The molecule has 0 saturated carbocycles. The number of carboxylic acid groups (broad SMARTS) is 2. The lowest BCUT2D eigenvalue weighted by molar-refractivity contribution is 0.0683. The van der Waals surface area contributed by atoms with Gasteiger partial charge in [0.05, 0.1) is 16.1 Å². The molecule has 122 valence electrons. The maximum Gasteiger partial charge on any atom is 0.337 e. The van der Waals surface area contributed by atoms with Gasteiger partial charge in [-0.25, -0.2) is 9.59 Å². The Labute approximate surface area is 147 Å². The normalized spacial score (nSPS) is 11.2. The third kappa shape index (κ3) is 2.15. The van der Waals surface area contributed by atoms with Gasteiger partial charge in [0.1, 0.15) is 0 Å². The van der Waals surface area contributed by atoms with Crippen molar-refractivity contribution in [2.75, 3.05) is 0 Å². The number of hydrogen-bond acceptors (Lipinski definition) is 2. The van der Waals surface area contributed by atoms with Gasteiger partial charge in [0.25, 0.3) is 0 Å². The summed E-state index contributed by atoms with van der Waals surface area (Å²) in [7, 11) is 0. The van der Waals surface area contributed by atoms with Gasteiger partial charge in [0.2, 0.25) is 0 Å². The highest BCUT2D eigenvalue weighted by Gasteiger charge is 2.33. The SMILES string of the molecule is O=C(O)c1c(Cl)c2c(C(=O)O)c(-c3ccccc3)c1-c1ccc-2cc1. The number of rotatable bonds is 3. The van der Waals surface area contributed by atoms with E-state index < -0.39 is 11.9 Å². The van der Waals surface area contributed by atoms with Crippen molar-refractivity contribution in [1.29, 1.82) is 0 Å². The lowest BCUT2D eigenvalue weighted by Crippen LogP contribution is -2.13. The standard InChI is InChI=1S/C20H11ClO4/c21-18-15-12-8-6-11(7-9-12)14(17(18)20(24)25)13(16(15)19(22)23)10-4-2-1-3-5-10/h1-9H,(H,22,23)(H,24,25). The van der Waals surface area contributed by atoms with Crippen LogP contribution in [0.4, 0.5) is 0 Å². The van der Waals surface area contributed by atoms with Gasteiger partial charge in [-0.3, -0.25) is 0 Å². The topological polar surface area (TPSA) is 74.6 Å². The summed E-state index contributed by atoms with van der Waals surface area (Å²) in [6.45, 7) is 0. The van der Waals surface area contributed by atoms with Gasteiger partial charge >= 0.3 is 11.9 Å². The summed E-state index contributed by atoms with van der Waals surface area (Å²) in [5.41, 5.74) is 2.74. The zero-order valence-corrected chi connectivity index (χ0v) is 13.5. The molecular weight excluding hydrogens is 340 g/mol. The van der Waals surface area contributed by atoms with Crippen LogP contribution in [0, 0.1) is 0 Å². The molecule has 4 bridgehead atoms. The van der Waals surface area contributed by atoms with Crippen LogP contribution in [-0.4, -0.2) is 22.2 Å². The monoisotopic (exact) mass is 350 g/mol. The summed E-state index contributed by atoms with van der Waals surface area (Å²) in [5, 5.41) is 19.6. The number of carboxylic acids is 2. The highest BCUT2D eigenvalue weighted by Crippen LogP contribution is 2.49. The molecule has 7 rings (SSSR count). The van der Waals surface area contributed by atoms with Crippen molar-refractivity contribution in [2.45, 2.75) is 0 Å². The summed E-state index contributed by atoms with van der Waals surface area (Å²) in [5.74, 6) is -2.32. The maximum absolute atomic E-state index is 12.1. The fourth-order valence-corrected chi connectivity index (χ4v) is 3.77. The summed E-state index contributed by atoms with van der Waals surface area (Å²) in [6.07, 6.45) is 0. The molecular formula is C20H11ClO4. The average Bonchev–Trinajstić information content (AvgIpc) is 2.58.